The summed E-state index contributed by atoms with van der Waals surface area (Å²) in [6, 6.07) is 0. The topological polar surface area (TPSA) is 112 Å². The molecule has 1 unspecified atom stereocenters. The number of rotatable bonds is 6. The van der Waals surface area contributed by atoms with Gasteiger partial charge in [0.05, 0.1) is 17.3 Å². The van der Waals surface area contributed by atoms with Crippen molar-refractivity contribution in [2.75, 3.05) is 6.54 Å². The highest BCUT2D eigenvalue weighted by molar-refractivity contribution is 7.89. The Labute approximate surface area is 106 Å². The third kappa shape index (κ3) is 3.30. The molecule has 1 atom stereocenters. The lowest BCUT2D eigenvalue weighted by molar-refractivity contribution is -0.141. The molecule has 0 spiro atoms. The molecule has 18 heavy (non-hydrogen) atoms. The fourth-order valence-electron chi connectivity index (χ4n) is 1.54. The van der Waals surface area contributed by atoms with Crippen LogP contribution in [0.5, 0.6) is 0 Å². The van der Waals surface area contributed by atoms with Gasteiger partial charge in [0.2, 0.25) is 10.0 Å². The number of carboxylic acids is 1. The fourth-order valence-corrected chi connectivity index (χ4v) is 2.96. The van der Waals surface area contributed by atoms with Crippen molar-refractivity contribution in [1.82, 2.24) is 14.9 Å². The van der Waals surface area contributed by atoms with E-state index in [0.29, 0.717) is 11.4 Å². The van der Waals surface area contributed by atoms with Gasteiger partial charge >= 0.3 is 5.97 Å². The normalized spacial score (nSPS) is 13.5. The van der Waals surface area contributed by atoms with Crippen LogP contribution in [-0.4, -0.2) is 36.2 Å². The molecule has 7 nitrogen and oxygen atoms in total. The molecule has 0 saturated carbocycles. The fraction of sp³-hybridized carbons (Fsp3) is 0.600. The van der Waals surface area contributed by atoms with Crippen molar-refractivity contribution in [2.45, 2.75) is 32.1 Å². The molecule has 8 heteroatoms. The second-order valence-corrected chi connectivity index (χ2v) is 5.89. The predicted molar refractivity (Wildman–Crippen MR) is 64.7 cm³/mol. The Morgan fingerprint density at radius 2 is 2.11 bits per heavy atom. The van der Waals surface area contributed by atoms with Crippen molar-refractivity contribution < 1.29 is 18.3 Å². The molecular formula is C10H17N3O4S. The molecule has 1 aromatic rings. The standard InChI is InChI=1S/C10H17N3O4S/c1-6(10(14)15)4-5-11-18(16,17)9-7(2)12-13-8(9)3/h6,11H,4-5H2,1-3H3,(H,12,13)(H,14,15). The van der Waals surface area contributed by atoms with Crippen molar-refractivity contribution in [3.05, 3.63) is 11.4 Å². The average Bonchev–Trinajstić information content (AvgIpc) is 2.58. The van der Waals surface area contributed by atoms with E-state index in [0.717, 1.165) is 0 Å². The number of carboxylic acid groups (broad SMARTS) is 1. The summed E-state index contributed by atoms with van der Waals surface area (Å²) in [6.07, 6.45) is 0.241. The van der Waals surface area contributed by atoms with Crippen LogP contribution in [0.4, 0.5) is 0 Å². The summed E-state index contributed by atoms with van der Waals surface area (Å²) >= 11 is 0. The van der Waals surface area contributed by atoms with Crippen molar-refractivity contribution in [1.29, 1.82) is 0 Å². The number of H-pyrrole nitrogens is 1. The van der Waals surface area contributed by atoms with Crippen LogP contribution in [0.1, 0.15) is 24.7 Å². The zero-order chi connectivity index (χ0) is 13.9. The number of aromatic nitrogens is 2. The van der Waals surface area contributed by atoms with E-state index in [9.17, 15) is 13.2 Å². The number of aromatic amines is 1. The number of sulfonamides is 1. The van der Waals surface area contributed by atoms with Crippen molar-refractivity contribution in [2.24, 2.45) is 5.92 Å². The van der Waals surface area contributed by atoms with E-state index in [2.05, 4.69) is 14.9 Å². The summed E-state index contributed by atoms with van der Waals surface area (Å²) in [6.45, 7) is 4.83. The number of carbonyl (C=O) groups is 1. The zero-order valence-corrected chi connectivity index (χ0v) is 11.3. The number of aliphatic carboxylic acids is 1. The molecule has 0 aliphatic carbocycles. The molecule has 0 radical (unpaired) electrons. The maximum atomic E-state index is 12.0. The molecule has 3 N–H and O–H groups in total. The van der Waals surface area contributed by atoms with Gasteiger partial charge in [0, 0.05) is 6.54 Å². The summed E-state index contributed by atoms with van der Waals surface area (Å²) in [7, 11) is -3.64. The molecular weight excluding hydrogens is 258 g/mol. The van der Waals surface area contributed by atoms with Gasteiger partial charge in [0.15, 0.2) is 0 Å². The maximum absolute atomic E-state index is 12.0. The Hall–Kier alpha value is -1.41. The molecule has 1 heterocycles. The van der Waals surface area contributed by atoms with Crippen molar-refractivity contribution in [3.8, 4) is 0 Å². The van der Waals surface area contributed by atoms with Gasteiger partial charge in [-0.3, -0.25) is 9.89 Å². The Kier molecular flexibility index (Phi) is 4.47. The lowest BCUT2D eigenvalue weighted by Gasteiger charge is -2.08. The Morgan fingerprint density at radius 3 is 2.56 bits per heavy atom. The van der Waals surface area contributed by atoms with Crippen LogP contribution in [0.2, 0.25) is 0 Å². The molecule has 102 valence electrons. The van der Waals surface area contributed by atoms with E-state index in [1.54, 1.807) is 13.8 Å². The van der Waals surface area contributed by atoms with E-state index < -0.39 is 21.9 Å². The first-order valence-electron chi connectivity index (χ1n) is 5.49. The van der Waals surface area contributed by atoms with Gasteiger partial charge in [-0.05, 0) is 20.3 Å². The Balaban J connectivity index is 2.70. The first-order chi connectivity index (χ1) is 8.25. The molecule has 1 rings (SSSR count). The van der Waals surface area contributed by atoms with Crippen molar-refractivity contribution >= 4 is 16.0 Å². The minimum Gasteiger partial charge on any atom is -0.481 e. The smallest absolute Gasteiger partial charge is 0.306 e. The predicted octanol–water partition coefficient (Wildman–Crippen LogP) is 0.416. The summed E-state index contributed by atoms with van der Waals surface area (Å²) < 4.78 is 26.3. The summed E-state index contributed by atoms with van der Waals surface area (Å²) in [5.41, 5.74) is 0.859. The highest BCUT2D eigenvalue weighted by atomic mass is 32.2. The second-order valence-electron chi connectivity index (χ2n) is 4.19. The van der Waals surface area contributed by atoms with Crippen LogP contribution < -0.4 is 4.72 Å². The summed E-state index contributed by atoms with van der Waals surface area (Å²) in [5.74, 6) is -1.52. The van der Waals surface area contributed by atoms with Crippen LogP contribution >= 0.6 is 0 Å². The van der Waals surface area contributed by atoms with Gasteiger partial charge in [-0.2, -0.15) is 5.10 Å². The Morgan fingerprint density at radius 1 is 1.50 bits per heavy atom. The number of hydrogen-bond acceptors (Lipinski definition) is 4. The van der Waals surface area contributed by atoms with E-state index >= 15 is 0 Å². The summed E-state index contributed by atoms with van der Waals surface area (Å²) in [5, 5.41) is 15.1. The molecule has 0 fully saturated rings. The average molecular weight is 275 g/mol. The highest BCUT2D eigenvalue weighted by Gasteiger charge is 2.22. The SMILES string of the molecule is Cc1n[nH]c(C)c1S(=O)(=O)NCCC(C)C(=O)O. The molecule has 0 bridgehead atoms. The van der Waals surface area contributed by atoms with Gasteiger partial charge in [0.25, 0.3) is 0 Å². The molecule has 0 amide bonds. The van der Waals surface area contributed by atoms with Crippen molar-refractivity contribution in [3.63, 3.8) is 0 Å². The van der Waals surface area contributed by atoms with E-state index in [1.807, 2.05) is 0 Å². The van der Waals surface area contributed by atoms with E-state index in [4.69, 9.17) is 5.11 Å². The van der Waals surface area contributed by atoms with Gasteiger partial charge in [-0.15, -0.1) is 0 Å². The van der Waals surface area contributed by atoms with Gasteiger partial charge in [-0.25, -0.2) is 13.1 Å². The third-order valence-corrected chi connectivity index (χ3v) is 4.34. The first kappa shape index (κ1) is 14.7. The van der Waals surface area contributed by atoms with Gasteiger partial charge < -0.3 is 5.11 Å². The van der Waals surface area contributed by atoms with Crippen LogP contribution in [0.15, 0.2) is 4.90 Å². The quantitative estimate of drug-likeness (QED) is 0.696. The maximum Gasteiger partial charge on any atom is 0.306 e. The minimum absolute atomic E-state index is 0.0832. The van der Waals surface area contributed by atoms with Crippen LogP contribution in [0.25, 0.3) is 0 Å². The lowest BCUT2D eigenvalue weighted by Crippen LogP contribution is -2.28. The third-order valence-electron chi connectivity index (χ3n) is 2.62. The van der Waals surface area contributed by atoms with E-state index in [-0.39, 0.29) is 17.9 Å². The monoisotopic (exact) mass is 275 g/mol. The van der Waals surface area contributed by atoms with Crippen LogP contribution in [0, 0.1) is 19.8 Å². The summed E-state index contributed by atoms with van der Waals surface area (Å²) in [4.78, 5) is 10.7. The van der Waals surface area contributed by atoms with Gasteiger partial charge in [-0.1, -0.05) is 6.92 Å². The number of nitrogens with one attached hydrogen (secondary N) is 2. The van der Waals surface area contributed by atoms with Gasteiger partial charge in [0.1, 0.15) is 4.90 Å². The molecule has 1 aromatic heterocycles. The first-order valence-corrected chi connectivity index (χ1v) is 6.98. The van der Waals surface area contributed by atoms with Crippen LogP contribution in [-0.2, 0) is 14.8 Å². The van der Waals surface area contributed by atoms with Crippen LogP contribution in [0.3, 0.4) is 0 Å². The number of hydrogen-bond donors (Lipinski definition) is 3. The lowest BCUT2D eigenvalue weighted by atomic mass is 10.1. The molecule has 0 saturated heterocycles. The second kappa shape index (κ2) is 5.49. The van der Waals surface area contributed by atoms with E-state index in [1.165, 1.54) is 6.92 Å². The number of aryl methyl sites for hydroxylation is 2. The molecule has 0 aliphatic rings. The molecule has 0 aliphatic heterocycles. The number of nitrogens with zero attached hydrogens (tertiary/aromatic N) is 1. The Bertz CT molecular complexity index is 516. The minimum atomic E-state index is -3.64. The largest absolute Gasteiger partial charge is 0.481 e. The highest BCUT2D eigenvalue weighted by Crippen LogP contribution is 2.16. The molecule has 0 aromatic carbocycles. The zero-order valence-electron chi connectivity index (χ0n) is 10.5.